The average molecular weight is 335 g/mol. The molecule has 0 bridgehead atoms. The third kappa shape index (κ3) is 2.93. The number of thioether (sulfide) groups is 1. The summed E-state index contributed by atoms with van der Waals surface area (Å²) >= 11 is 1.30. The number of hydrogen-bond donors (Lipinski definition) is 0. The van der Waals surface area contributed by atoms with Gasteiger partial charge in [0.05, 0.1) is 27.9 Å². The van der Waals surface area contributed by atoms with Crippen molar-refractivity contribution in [1.29, 1.82) is 5.26 Å². The van der Waals surface area contributed by atoms with Crippen LogP contribution in [0.5, 0.6) is 0 Å². The summed E-state index contributed by atoms with van der Waals surface area (Å²) in [6, 6.07) is 15.4. The monoisotopic (exact) mass is 335 g/mol. The van der Waals surface area contributed by atoms with E-state index in [9.17, 15) is 4.79 Å². The Hall–Kier alpha value is -2.58. The maximum absolute atomic E-state index is 13.1. The minimum atomic E-state index is -0.296. The first-order valence-electron chi connectivity index (χ1n) is 7.67. The van der Waals surface area contributed by atoms with E-state index in [4.69, 9.17) is 5.26 Å². The molecule has 0 amide bonds. The number of hydrogen-bond acceptors (Lipinski definition) is 4. The lowest BCUT2D eigenvalue weighted by molar-refractivity contribution is 0.812. The van der Waals surface area contributed by atoms with Crippen molar-refractivity contribution in [2.75, 3.05) is 0 Å². The topological polar surface area (TPSA) is 58.7 Å². The smallest absolute Gasteiger partial charge is 0.266 e. The Morgan fingerprint density at radius 3 is 2.67 bits per heavy atom. The van der Waals surface area contributed by atoms with Gasteiger partial charge in [-0.05, 0) is 44.5 Å². The normalized spacial score (nSPS) is 12.1. The van der Waals surface area contributed by atoms with E-state index in [1.54, 1.807) is 17.6 Å². The highest BCUT2D eigenvalue weighted by Gasteiger charge is 2.16. The van der Waals surface area contributed by atoms with Gasteiger partial charge in [0.25, 0.3) is 5.56 Å². The van der Waals surface area contributed by atoms with Gasteiger partial charge in [-0.15, -0.1) is 0 Å². The molecule has 5 heteroatoms. The fraction of sp³-hybridized carbons (Fsp3) is 0.211. The van der Waals surface area contributed by atoms with Crippen LogP contribution in [0, 0.1) is 25.2 Å². The summed E-state index contributed by atoms with van der Waals surface area (Å²) in [5, 5.41) is 9.97. The van der Waals surface area contributed by atoms with Gasteiger partial charge in [0.15, 0.2) is 5.16 Å². The highest BCUT2D eigenvalue weighted by Crippen LogP contribution is 2.26. The number of fused-ring (bicyclic) bond motifs is 1. The summed E-state index contributed by atoms with van der Waals surface area (Å²) in [6.07, 6.45) is 0. The van der Waals surface area contributed by atoms with Crippen molar-refractivity contribution in [1.82, 2.24) is 9.55 Å². The predicted octanol–water partition coefficient (Wildman–Crippen LogP) is 4.01. The molecule has 0 radical (unpaired) electrons. The van der Waals surface area contributed by atoms with Crippen molar-refractivity contribution in [3.05, 3.63) is 63.9 Å². The third-order valence-corrected chi connectivity index (χ3v) is 4.75. The minimum Gasteiger partial charge on any atom is -0.268 e. The van der Waals surface area contributed by atoms with Gasteiger partial charge in [-0.25, -0.2) is 4.98 Å². The molecule has 0 saturated carbocycles. The lowest BCUT2D eigenvalue weighted by Gasteiger charge is -2.16. The maximum Gasteiger partial charge on any atom is 0.266 e. The number of aromatic nitrogens is 2. The second-order valence-electron chi connectivity index (χ2n) is 5.73. The quantitative estimate of drug-likeness (QED) is 0.536. The van der Waals surface area contributed by atoms with Gasteiger partial charge >= 0.3 is 0 Å². The van der Waals surface area contributed by atoms with Crippen LogP contribution >= 0.6 is 11.8 Å². The van der Waals surface area contributed by atoms with Crippen LogP contribution in [0.1, 0.15) is 18.1 Å². The molecule has 1 aromatic heterocycles. The van der Waals surface area contributed by atoms with Crippen molar-refractivity contribution < 1.29 is 0 Å². The van der Waals surface area contributed by atoms with E-state index in [1.807, 2.05) is 50.2 Å². The molecule has 0 fully saturated rings. The lowest BCUT2D eigenvalue weighted by Crippen LogP contribution is -2.23. The molecule has 0 saturated heterocycles. The van der Waals surface area contributed by atoms with Crippen LogP contribution in [0.2, 0.25) is 0 Å². The van der Waals surface area contributed by atoms with Crippen molar-refractivity contribution >= 4 is 22.7 Å². The first kappa shape index (κ1) is 16.3. The largest absolute Gasteiger partial charge is 0.268 e. The second kappa shape index (κ2) is 6.50. The summed E-state index contributed by atoms with van der Waals surface area (Å²) in [5.74, 6) is 0. The summed E-state index contributed by atoms with van der Waals surface area (Å²) in [5.41, 5.74) is 3.48. The summed E-state index contributed by atoms with van der Waals surface area (Å²) < 4.78 is 1.62. The van der Waals surface area contributed by atoms with Gasteiger partial charge in [0.1, 0.15) is 0 Å². The Kier molecular flexibility index (Phi) is 4.41. The maximum atomic E-state index is 13.1. The van der Waals surface area contributed by atoms with E-state index in [0.29, 0.717) is 16.1 Å². The van der Waals surface area contributed by atoms with Crippen LogP contribution in [0.3, 0.4) is 0 Å². The van der Waals surface area contributed by atoms with E-state index in [2.05, 4.69) is 11.1 Å². The number of para-hydroxylation sites is 1. The van der Waals surface area contributed by atoms with Gasteiger partial charge < -0.3 is 0 Å². The van der Waals surface area contributed by atoms with Crippen LogP contribution < -0.4 is 5.56 Å². The highest BCUT2D eigenvalue weighted by atomic mass is 32.2. The zero-order chi connectivity index (χ0) is 17.3. The van der Waals surface area contributed by atoms with Crippen LogP contribution in [0.25, 0.3) is 16.6 Å². The van der Waals surface area contributed by atoms with Gasteiger partial charge in [0.2, 0.25) is 0 Å². The summed E-state index contributed by atoms with van der Waals surface area (Å²) in [7, 11) is 0. The standard InChI is InChI=1S/C19H17N3OS/c1-12-8-9-17(13(2)10-12)22-18(23)15-6-4-5-7-16(15)21-19(22)24-14(3)11-20/h4-10,14H,1-3H3. The molecule has 2 aromatic carbocycles. The van der Waals surface area contributed by atoms with Gasteiger partial charge in [-0.2, -0.15) is 5.26 Å². The molecule has 3 rings (SSSR count). The fourth-order valence-corrected chi connectivity index (χ4v) is 3.45. The molecule has 0 aliphatic heterocycles. The number of benzene rings is 2. The molecule has 4 nitrogen and oxygen atoms in total. The summed E-state index contributed by atoms with van der Waals surface area (Å²) in [6.45, 7) is 5.80. The van der Waals surface area contributed by atoms with Crippen LogP contribution in [-0.4, -0.2) is 14.8 Å². The molecule has 24 heavy (non-hydrogen) atoms. The molecule has 1 heterocycles. The van der Waals surface area contributed by atoms with Crippen LogP contribution in [0.4, 0.5) is 0 Å². The van der Waals surface area contributed by atoms with Crippen molar-refractivity contribution in [2.45, 2.75) is 31.2 Å². The molecular weight excluding hydrogens is 318 g/mol. The first-order valence-corrected chi connectivity index (χ1v) is 8.55. The van der Waals surface area contributed by atoms with Gasteiger partial charge in [0, 0.05) is 0 Å². The molecule has 3 aromatic rings. The first-order chi connectivity index (χ1) is 11.5. The molecule has 0 spiro atoms. The Morgan fingerprint density at radius 1 is 1.21 bits per heavy atom. The number of aryl methyl sites for hydroxylation is 2. The van der Waals surface area contributed by atoms with Gasteiger partial charge in [-0.3, -0.25) is 9.36 Å². The third-order valence-electron chi connectivity index (χ3n) is 3.80. The minimum absolute atomic E-state index is 0.111. The molecule has 0 aliphatic rings. The highest BCUT2D eigenvalue weighted by molar-refractivity contribution is 8.00. The Labute approximate surface area is 144 Å². The second-order valence-corrected chi connectivity index (χ2v) is 7.04. The van der Waals surface area contributed by atoms with E-state index < -0.39 is 0 Å². The van der Waals surface area contributed by atoms with Crippen molar-refractivity contribution in [2.24, 2.45) is 0 Å². The molecule has 1 unspecified atom stereocenters. The van der Waals surface area contributed by atoms with E-state index in [0.717, 1.165) is 16.8 Å². The van der Waals surface area contributed by atoms with Crippen molar-refractivity contribution in [3.8, 4) is 11.8 Å². The SMILES string of the molecule is Cc1ccc(-n2c(SC(C)C#N)nc3ccccc3c2=O)c(C)c1. The lowest BCUT2D eigenvalue weighted by atomic mass is 10.1. The Morgan fingerprint density at radius 2 is 1.96 bits per heavy atom. The Balaban J connectivity index is 2.35. The number of nitriles is 1. The molecule has 0 aliphatic carbocycles. The molecule has 1 atom stereocenters. The van der Waals surface area contributed by atoms with E-state index in [-0.39, 0.29) is 10.8 Å². The number of nitrogens with zero attached hydrogens (tertiary/aromatic N) is 3. The van der Waals surface area contributed by atoms with Gasteiger partial charge in [-0.1, -0.05) is 41.6 Å². The summed E-state index contributed by atoms with van der Waals surface area (Å²) in [4.78, 5) is 17.7. The van der Waals surface area contributed by atoms with E-state index in [1.165, 1.54) is 11.8 Å². The molecular formula is C19H17N3OS. The van der Waals surface area contributed by atoms with E-state index >= 15 is 0 Å². The average Bonchev–Trinajstić information content (AvgIpc) is 2.56. The Bertz CT molecular complexity index is 1020. The fourth-order valence-electron chi connectivity index (χ4n) is 2.64. The predicted molar refractivity (Wildman–Crippen MR) is 97.7 cm³/mol. The zero-order valence-electron chi connectivity index (χ0n) is 13.8. The number of rotatable bonds is 3. The van der Waals surface area contributed by atoms with Crippen LogP contribution in [0.15, 0.2) is 52.4 Å². The van der Waals surface area contributed by atoms with Crippen molar-refractivity contribution in [3.63, 3.8) is 0 Å². The molecule has 120 valence electrons. The molecule has 0 N–H and O–H groups in total. The zero-order valence-corrected chi connectivity index (χ0v) is 14.6. The van der Waals surface area contributed by atoms with Crippen LogP contribution in [-0.2, 0) is 0 Å².